The van der Waals surface area contributed by atoms with E-state index in [-0.39, 0.29) is 27.3 Å². The van der Waals surface area contributed by atoms with Crippen LogP contribution in [0, 0.1) is 0 Å². The molecule has 0 unspecified atom stereocenters. The van der Waals surface area contributed by atoms with Crippen LogP contribution in [-0.2, 0) is 21.7 Å². The van der Waals surface area contributed by atoms with Gasteiger partial charge in [0.2, 0.25) is 0 Å². The molecule has 0 atom stereocenters. The minimum atomic E-state index is -0.250. The number of nitrogens with zero attached hydrogens (tertiary/aromatic N) is 1. The summed E-state index contributed by atoms with van der Waals surface area (Å²) in [5.74, 6) is 0. The van der Waals surface area contributed by atoms with Crippen molar-refractivity contribution in [1.29, 1.82) is 0 Å². The van der Waals surface area contributed by atoms with Gasteiger partial charge in [0.25, 0.3) is 0 Å². The molecule has 152 valence electrons. The van der Waals surface area contributed by atoms with Crippen molar-refractivity contribution in [2.45, 2.75) is 59.2 Å². The molecule has 0 bridgehead atoms. The molecule has 1 aliphatic heterocycles. The molecule has 1 N–H and O–H groups in total. The molecule has 3 rings (SSSR count). The maximum atomic E-state index is 6.94. The topological polar surface area (TPSA) is 27.0 Å². The Hall–Kier alpha value is -0.999. The summed E-state index contributed by atoms with van der Waals surface area (Å²) in [6.07, 6.45) is 8.27. The zero-order valence-electron chi connectivity index (χ0n) is 18.7. The Morgan fingerprint density at radius 2 is 1.64 bits per heavy atom. The Bertz CT molecular complexity index is 644. The van der Waals surface area contributed by atoms with E-state index in [1.54, 1.807) is 6.08 Å². The van der Waals surface area contributed by atoms with Gasteiger partial charge in [-0.2, -0.15) is 0 Å². The van der Waals surface area contributed by atoms with Gasteiger partial charge in [-0.15, -0.1) is 46.6 Å². The van der Waals surface area contributed by atoms with E-state index >= 15 is 0 Å². The first kappa shape index (κ1) is 29.2. The fraction of sp³-hybridized carbons (Fsp3) is 0.458. The van der Waals surface area contributed by atoms with Gasteiger partial charge in [0.05, 0.1) is 0 Å². The van der Waals surface area contributed by atoms with E-state index in [9.17, 15) is 0 Å². The second-order valence-electron chi connectivity index (χ2n) is 7.51. The molecule has 2 aromatic carbocycles. The van der Waals surface area contributed by atoms with Gasteiger partial charge in [-0.1, -0.05) is 70.4 Å². The smallest absolute Gasteiger partial charge is 0.673 e. The molecule has 0 saturated carbocycles. The van der Waals surface area contributed by atoms with Crippen molar-refractivity contribution in [2.75, 3.05) is 18.0 Å². The summed E-state index contributed by atoms with van der Waals surface area (Å²) >= 11 is 0. The quantitative estimate of drug-likeness (QED) is 0.275. The zero-order valence-corrected chi connectivity index (χ0v) is 21.2. The van der Waals surface area contributed by atoms with Crippen LogP contribution in [0.25, 0.3) is 16.5 Å². The standard InChI is InChI=1S/C13H14N.C5H8.C4H10N.C2H6Si.Ti/c1-2-6-12-11(5-1)7-8-13(12)14-9-3-4-10-14;1-3-5-4-2;1-4(2,3)5;1-3-2;/h1-2,5-8H,3-4,9-10H2;3-5H,1H2,2H3;5H,1-3H3;1-2H3;/q-1;;-1;;+2. The van der Waals surface area contributed by atoms with Crippen molar-refractivity contribution >= 4 is 26.0 Å². The number of nitrogens with one attached hydrogen (secondary N) is 1. The number of rotatable bonds is 2. The van der Waals surface area contributed by atoms with E-state index in [2.05, 4.69) is 61.0 Å². The fourth-order valence-electron chi connectivity index (χ4n) is 2.50. The first-order chi connectivity index (χ1) is 12.8. The van der Waals surface area contributed by atoms with Gasteiger partial charge in [-0.05, 0) is 19.8 Å². The van der Waals surface area contributed by atoms with E-state index in [0.29, 0.717) is 0 Å². The number of hydrogen-bond acceptors (Lipinski definition) is 1. The summed E-state index contributed by atoms with van der Waals surface area (Å²) in [7, 11) is 1.08. The molecule has 0 aromatic heterocycles. The summed E-state index contributed by atoms with van der Waals surface area (Å²) in [6, 6.07) is 13.1. The van der Waals surface area contributed by atoms with Gasteiger partial charge >= 0.3 is 21.7 Å². The number of allylic oxidation sites excluding steroid dienone is 3. The second kappa shape index (κ2) is 16.9. The summed E-state index contributed by atoms with van der Waals surface area (Å²) in [5.41, 5.74) is 8.12. The third kappa shape index (κ3) is 14.1. The molecule has 2 aromatic rings. The van der Waals surface area contributed by atoms with Crippen molar-refractivity contribution in [3.8, 4) is 0 Å². The van der Waals surface area contributed by atoms with Crippen LogP contribution in [0.15, 0.2) is 61.2 Å². The fourth-order valence-corrected chi connectivity index (χ4v) is 2.50. The number of anilines is 1. The average molecular weight is 431 g/mol. The Morgan fingerprint density at radius 1 is 1.14 bits per heavy atom. The van der Waals surface area contributed by atoms with E-state index in [4.69, 9.17) is 5.73 Å². The Morgan fingerprint density at radius 3 is 2.07 bits per heavy atom. The second-order valence-corrected chi connectivity index (χ2v) is 8.51. The molecule has 0 amide bonds. The predicted octanol–water partition coefficient (Wildman–Crippen LogP) is 7.53. The van der Waals surface area contributed by atoms with Crippen LogP contribution >= 0.6 is 0 Å². The van der Waals surface area contributed by atoms with E-state index < -0.39 is 0 Å². The van der Waals surface area contributed by atoms with Crippen LogP contribution in [0.4, 0.5) is 5.69 Å². The maximum Gasteiger partial charge on any atom is 2.00 e. The van der Waals surface area contributed by atoms with Gasteiger partial charge in [0.15, 0.2) is 0 Å². The van der Waals surface area contributed by atoms with Crippen molar-refractivity contribution in [3.63, 3.8) is 0 Å². The number of hydrogen-bond donors (Lipinski definition) is 0. The van der Waals surface area contributed by atoms with Gasteiger partial charge < -0.3 is 10.6 Å². The van der Waals surface area contributed by atoms with Crippen molar-refractivity contribution in [1.82, 2.24) is 0 Å². The molecule has 28 heavy (non-hydrogen) atoms. The monoisotopic (exact) mass is 430 g/mol. The van der Waals surface area contributed by atoms with Crippen LogP contribution in [0.2, 0.25) is 13.1 Å². The first-order valence-electron chi connectivity index (χ1n) is 9.75. The Balaban J connectivity index is 0. The summed E-state index contributed by atoms with van der Waals surface area (Å²) in [5, 5.41) is 2.78. The Kier molecular flexibility index (Phi) is 17.6. The Labute approximate surface area is 191 Å². The molecule has 1 saturated heterocycles. The summed E-state index contributed by atoms with van der Waals surface area (Å²) < 4.78 is 0. The first-order valence-corrected chi connectivity index (χ1v) is 11.7. The van der Waals surface area contributed by atoms with Crippen LogP contribution < -0.4 is 4.90 Å². The molecule has 2 radical (unpaired) electrons. The minimum absolute atomic E-state index is 0. The maximum absolute atomic E-state index is 6.94. The van der Waals surface area contributed by atoms with Crippen LogP contribution in [-0.4, -0.2) is 28.1 Å². The minimum Gasteiger partial charge on any atom is -0.673 e. The normalized spacial score (nSPS) is 12.8. The third-order valence-corrected chi connectivity index (χ3v) is 3.43. The molecule has 0 aliphatic carbocycles. The van der Waals surface area contributed by atoms with E-state index in [1.807, 2.05) is 39.8 Å². The van der Waals surface area contributed by atoms with Crippen LogP contribution in [0.1, 0.15) is 40.5 Å². The van der Waals surface area contributed by atoms with Gasteiger partial charge in [0, 0.05) is 22.6 Å². The summed E-state index contributed by atoms with van der Waals surface area (Å²) in [6.45, 7) is 17.8. The largest absolute Gasteiger partial charge is 2.00 e. The molecule has 1 aliphatic rings. The molecule has 0 spiro atoms. The number of benzene rings is 1. The third-order valence-electron chi connectivity index (χ3n) is 3.43. The van der Waals surface area contributed by atoms with Gasteiger partial charge in [-0.25, -0.2) is 0 Å². The average Bonchev–Trinajstić information content (AvgIpc) is 3.24. The van der Waals surface area contributed by atoms with Crippen molar-refractivity contribution in [2.24, 2.45) is 0 Å². The molecular weight excluding hydrogens is 392 g/mol. The number of fused-ring (bicyclic) bond motifs is 1. The molecule has 1 fully saturated rings. The molecule has 2 nitrogen and oxygen atoms in total. The SMILES string of the molecule is C=CC=CC.CC(C)(C)[NH-].C[Si]C.[Ti+2].c1ccc2c(N3CCCC3)c[cH-]c2c1. The van der Waals surface area contributed by atoms with Gasteiger partial charge in [0.1, 0.15) is 0 Å². The molecule has 1 heterocycles. The van der Waals surface area contributed by atoms with Crippen LogP contribution in [0.5, 0.6) is 0 Å². The zero-order chi connectivity index (χ0) is 20.7. The van der Waals surface area contributed by atoms with E-state index in [0.717, 1.165) is 9.52 Å². The van der Waals surface area contributed by atoms with Gasteiger partial charge in [-0.3, -0.25) is 0 Å². The van der Waals surface area contributed by atoms with E-state index in [1.165, 1.54) is 42.4 Å². The molecular formula is C24H38N2SiTi. The van der Waals surface area contributed by atoms with Crippen LogP contribution in [0.3, 0.4) is 0 Å². The molecule has 4 heteroatoms. The summed E-state index contributed by atoms with van der Waals surface area (Å²) in [4.78, 5) is 2.50. The van der Waals surface area contributed by atoms with Crippen molar-refractivity contribution < 1.29 is 21.7 Å². The van der Waals surface area contributed by atoms with Crippen molar-refractivity contribution in [3.05, 3.63) is 66.9 Å². The predicted molar refractivity (Wildman–Crippen MR) is 128 cm³/mol.